The Bertz CT molecular complexity index is 995. The van der Waals surface area contributed by atoms with E-state index in [1.54, 1.807) is 45.0 Å². The van der Waals surface area contributed by atoms with E-state index in [1.807, 2.05) is 0 Å². The molecule has 0 aliphatic heterocycles. The number of carbonyl (C=O) groups is 1. The van der Waals surface area contributed by atoms with E-state index in [2.05, 4.69) is 15.3 Å². The largest absolute Gasteiger partial charge is 0.348 e. The van der Waals surface area contributed by atoms with E-state index in [-0.39, 0.29) is 5.91 Å². The number of benzene rings is 1. The molecule has 1 amide bonds. The number of nitrogens with zero attached hydrogens (tertiary/aromatic N) is 3. The van der Waals surface area contributed by atoms with Crippen LogP contribution in [0.2, 0.25) is 5.02 Å². The zero-order valence-corrected chi connectivity index (χ0v) is 14.9. The normalized spacial score (nSPS) is 12.3. The summed E-state index contributed by atoms with van der Waals surface area (Å²) >= 11 is 7.29. The lowest BCUT2D eigenvalue weighted by molar-refractivity contribution is -0.118. The molecule has 0 aliphatic rings. The molecule has 0 fully saturated rings. The van der Waals surface area contributed by atoms with Gasteiger partial charge in [0.15, 0.2) is 5.13 Å². The molecular weight excluding hydrogens is 348 g/mol. The molecule has 124 valence electrons. The maximum Gasteiger partial charge on any atom is 0.348 e. The fraction of sp³-hybridized carbons (Fsp3) is 0.250. The average molecular weight is 363 g/mol. The maximum atomic E-state index is 12.5. The summed E-state index contributed by atoms with van der Waals surface area (Å²) in [6, 6.07) is 6.42. The second kappa shape index (κ2) is 6.33. The van der Waals surface area contributed by atoms with Gasteiger partial charge in [-0.1, -0.05) is 22.9 Å². The molecular formula is C16H15ClN4O2S. The van der Waals surface area contributed by atoms with Gasteiger partial charge in [0.25, 0.3) is 0 Å². The molecule has 1 N–H and O–H groups in total. The number of fused-ring (bicyclic) bond motifs is 1. The third kappa shape index (κ3) is 3.18. The number of rotatable bonds is 3. The van der Waals surface area contributed by atoms with Crippen LogP contribution in [0.25, 0.3) is 10.2 Å². The summed E-state index contributed by atoms with van der Waals surface area (Å²) in [5, 5.41) is 3.84. The lowest BCUT2D eigenvalue weighted by Gasteiger charge is -2.16. The van der Waals surface area contributed by atoms with E-state index in [4.69, 9.17) is 11.6 Å². The molecule has 0 radical (unpaired) electrons. The van der Waals surface area contributed by atoms with Crippen LogP contribution in [0.1, 0.15) is 24.4 Å². The first kappa shape index (κ1) is 16.6. The Morgan fingerprint density at radius 1 is 1.29 bits per heavy atom. The van der Waals surface area contributed by atoms with Crippen molar-refractivity contribution in [1.29, 1.82) is 0 Å². The highest BCUT2D eigenvalue weighted by Crippen LogP contribution is 2.28. The second-order valence-electron chi connectivity index (χ2n) is 5.49. The Morgan fingerprint density at radius 3 is 2.75 bits per heavy atom. The summed E-state index contributed by atoms with van der Waals surface area (Å²) in [6.07, 6.45) is 0. The third-order valence-electron chi connectivity index (χ3n) is 3.62. The van der Waals surface area contributed by atoms with Crippen molar-refractivity contribution in [1.82, 2.24) is 14.5 Å². The van der Waals surface area contributed by atoms with Crippen LogP contribution in [0.4, 0.5) is 5.13 Å². The van der Waals surface area contributed by atoms with Gasteiger partial charge in [0.2, 0.25) is 5.91 Å². The molecule has 0 aliphatic carbocycles. The van der Waals surface area contributed by atoms with Crippen LogP contribution in [0.15, 0.2) is 29.1 Å². The summed E-state index contributed by atoms with van der Waals surface area (Å²) in [5.74, 6) is -0.323. The van der Waals surface area contributed by atoms with Gasteiger partial charge in [0.1, 0.15) is 6.04 Å². The molecule has 1 atom stereocenters. The fourth-order valence-electron chi connectivity index (χ4n) is 2.51. The number of nitrogens with one attached hydrogen (secondary N) is 1. The number of aromatic nitrogens is 3. The quantitative estimate of drug-likeness (QED) is 0.775. The number of halogens is 1. The van der Waals surface area contributed by atoms with Crippen LogP contribution in [0.5, 0.6) is 0 Å². The number of anilines is 1. The predicted octanol–water partition coefficient (Wildman–Crippen LogP) is 3.32. The van der Waals surface area contributed by atoms with Crippen LogP contribution >= 0.6 is 22.9 Å². The van der Waals surface area contributed by atoms with Crippen LogP contribution in [-0.2, 0) is 4.79 Å². The molecule has 0 bridgehead atoms. The van der Waals surface area contributed by atoms with Gasteiger partial charge in [0, 0.05) is 16.4 Å². The van der Waals surface area contributed by atoms with Gasteiger partial charge < -0.3 is 5.32 Å². The minimum Gasteiger partial charge on any atom is -0.300 e. The number of amides is 1. The Balaban J connectivity index is 1.87. The molecule has 1 unspecified atom stereocenters. The molecule has 8 heteroatoms. The van der Waals surface area contributed by atoms with Crippen molar-refractivity contribution in [2.75, 3.05) is 5.32 Å². The van der Waals surface area contributed by atoms with Gasteiger partial charge in [0.05, 0.1) is 10.2 Å². The zero-order valence-electron chi connectivity index (χ0n) is 13.3. The highest BCUT2D eigenvalue weighted by atomic mass is 35.5. The molecule has 3 rings (SSSR count). The number of thiazole rings is 1. The number of aryl methyl sites for hydroxylation is 2. The molecule has 2 heterocycles. The minimum atomic E-state index is -0.693. The van der Waals surface area contributed by atoms with Crippen molar-refractivity contribution >= 4 is 44.2 Å². The van der Waals surface area contributed by atoms with Crippen molar-refractivity contribution < 1.29 is 4.79 Å². The van der Waals surface area contributed by atoms with Gasteiger partial charge in [-0.15, -0.1) is 0 Å². The highest BCUT2D eigenvalue weighted by molar-refractivity contribution is 7.22. The summed E-state index contributed by atoms with van der Waals surface area (Å²) in [7, 11) is 0. The Labute approximate surface area is 147 Å². The smallest absolute Gasteiger partial charge is 0.300 e. The average Bonchev–Trinajstić information content (AvgIpc) is 2.87. The summed E-state index contributed by atoms with van der Waals surface area (Å²) in [4.78, 5) is 32.8. The van der Waals surface area contributed by atoms with Gasteiger partial charge in [-0.25, -0.2) is 9.78 Å². The van der Waals surface area contributed by atoms with Crippen molar-refractivity contribution in [2.45, 2.75) is 26.8 Å². The third-order valence-corrected chi connectivity index (χ3v) is 4.79. The molecule has 24 heavy (non-hydrogen) atoms. The molecule has 0 spiro atoms. The SMILES string of the molecule is Cc1cc(C)n(C(C)C(=O)Nc2nc3ccc(Cl)cc3s2)c(=O)n1. The Hall–Kier alpha value is -2.25. The van der Waals surface area contributed by atoms with E-state index in [0.29, 0.717) is 21.5 Å². The number of carbonyl (C=O) groups excluding carboxylic acids is 1. The van der Waals surface area contributed by atoms with E-state index in [9.17, 15) is 9.59 Å². The van der Waals surface area contributed by atoms with Crippen molar-refractivity contribution in [3.63, 3.8) is 0 Å². The lowest BCUT2D eigenvalue weighted by Crippen LogP contribution is -2.34. The fourth-order valence-corrected chi connectivity index (χ4v) is 3.65. The molecule has 0 saturated heterocycles. The molecule has 6 nitrogen and oxygen atoms in total. The second-order valence-corrected chi connectivity index (χ2v) is 6.95. The summed E-state index contributed by atoms with van der Waals surface area (Å²) < 4.78 is 2.25. The van der Waals surface area contributed by atoms with Gasteiger partial charge in [-0.3, -0.25) is 9.36 Å². The van der Waals surface area contributed by atoms with Gasteiger partial charge in [-0.2, -0.15) is 4.98 Å². The molecule has 3 aromatic rings. The van der Waals surface area contributed by atoms with Crippen molar-refractivity contribution in [2.24, 2.45) is 0 Å². The number of hydrogen-bond acceptors (Lipinski definition) is 5. The van der Waals surface area contributed by atoms with Crippen LogP contribution in [-0.4, -0.2) is 20.4 Å². The first-order chi connectivity index (χ1) is 11.3. The first-order valence-corrected chi connectivity index (χ1v) is 8.48. The maximum absolute atomic E-state index is 12.5. The zero-order chi connectivity index (χ0) is 17.4. The molecule has 2 aromatic heterocycles. The van der Waals surface area contributed by atoms with E-state index in [1.165, 1.54) is 15.9 Å². The van der Waals surface area contributed by atoms with Crippen LogP contribution in [0.3, 0.4) is 0 Å². The monoisotopic (exact) mass is 362 g/mol. The van der Waals surface area contributed by atoms with Crippen LogP contribution < -0.4 is 11.0 Å². The minimum absolute atomic E-state index is 0.323. The van der Waals surface area contributed by atoms with Gasteiger partial charge >= 0.3 is 5.69 Å². The van der Waals surface area contributed by atoms with E-state index in [0.717, 1.165) is 10.2 Å². The highest BCUT2D eigenvalue weighted by Gasteiger charge is 2.20. The standard InChI is InChI=1S/C16H15ClN4O2S/c1-8-6-9(2)21(16(23)18-8)10(3)14(22)20-15-19-12-5-4-11(17)7-13(12)24-15/h4-7,10H,1-3H3,(H,19,20,22). The first-order valence-electron chi connectivity index (χ1n) is 7.29. The van der Waals surface area contributed by atoms with Crippen molar-refractivity contribution in [3.05, 3.63) is 51.2 Å². The predicted molar refractivity (Wildman–Crippen MR) is 95.9 cm³/mol. The Morgan fingerprint density at radius 2 is 2.04 bits per heavy atom. The van der Waals surface area contributed by atoms with Crippen LogP contribution in [0, 0.1) is 13.8 Å². The molecule has 0 saturated carbocycles. The van der Waals surface area contributed by atoms with E-state index < -0.39 is 11.7 Å². The van der Waals surface area contributed by atoms with Crippen molar-refractivity contribution in [3.8, 4) is 0 Å². The summed E-state index contributed by atoms with van der Waals surface area (Å²) in [5.41, 5.74) is 1.64. The summed E-state index contributed by atoms with van der Waals surface area (Å²) in [6.45, 7) is 5.18. The Kier molecular flexibility index (Phi) is 4.38. The lowest BCUT2D eigenvalue weighted by atomic mass is 10.2. The topological polar surface area (TPSA) is 76.9 Å². The molecule has 1 aromatic carbocycles. The van der Waals surface area contributed by atoms with E-state index >= 15 is 0 Å². The number of hydrogen-bond donors (Lipinski definition) is 1. The van der Waals surface area contributed by atoms with Gasteiger partial charge in [-0.05, 0) is 45.0 Å².